The Hall–Kier alpha value is -1.64. The quantitative estimate of drug-likeness (QED) is 0.538. The topological polar surface area (TPSA) is 24.7 Å². The van der Waals surface area contributed by atoms with E-state index in [1.54, 1.807) is 0 Å². The van der Waals surface area contributed by atoms with Gasteiger partial charge in [-0.05, 0) is 74.7 Å². The molecule has 2 aromatic carbocycles. The average molecular weight is 347 g/mol. The summed E-state index contributed by atoms with van der Waals surface area (Å²) in [5.41, 5.74) is 5.82. The summed E-state index contributed by atoms with van der Waals surface area (Å²) in [6.07, 6.45) is 0.810. The van der Waals surface area contributed by atoms with Crippen LogP contribution in [0.3, 0.4) is 0 Å². The first kappa shape index (κ1) is 17.7. The molecule has 0 aliphatic heterocycles. The molecule has 0 aromatic heterocycles. The molecule has 0 spiro atoms. The summed E-state index contributed by atoms with van der Waals surface area (Å²) in [5, 5.41) is 1.45. The van der Waals surface area contributed by atoms with Crippen LogP contribution in [0.2, 0.25) is 10.0 Å². The Balaban J connectivity index is 2.39. The molecule has 23 heavy (non-hydrogen) atoms. The molecule has 0 unspecified atom stereocenters. The van der Waals surface area contributed by atoms with Gasteiger partial charge in [0.2, 0.25) is 0 Å². The summed E-state index contributed by atoms with van der Waals surface area (Å²) >= 11 is 12.0. The molecule has 120 valence electrons. The van der Waals surface area contributed by atoms with E-state index in [1.165, 1.54) is 0 Å². The van der Waals surface area contributed by atoms with E-state index in [0.29, 0.717) is 0 Å². The van der Waals surface area contributed by atoms with Gasteiger partial charge in [0.25, 0.3) is 0 Å². The molecule has 0 saturated heterocycles. The summed E-state index contributed by atoms with van der Waals surface area (Å²) in [7, 11) is 0. The average Bonchev–Trinajstić information content (AvgIpc) is 2.49. The first-order valence-corrected chi connectivity index (χ1v) is 8.32. The molecule has 2 rings (SSSR count). The van der Waals surface area contributed by atoms with E-state index in [1.807, 2.05) is 57.2 Å². The Morgan fingerprint density at radius 3 is 1.78 bits per heavy atom. The summed E-state index contributed by atoms with van der Waals surface area (Å²) in [6, 6.07) is 11.4. The molecule has 0 aliphatic rings. The first-order chi connectivity index (χ1) is 10.9. The van der Waals surface area contributed by atoms with Crippen molar-refractivity contribution >= 4 is 46.0 Å². The molecular weight excluding hydrogens is 327 g/mol. The first-order valence-electron chi connectivity index (χ1n) is 7.56. The van der Waals surface area contributed by atoms with Crippen LogP contribution in [-0.4, -0.2) is 11.4 Å². The van der Waals surface area contributed by atoms with Crippen LogP contribution in [0, 0.1) is 13.8 Å². The third-order valence-electron chi connectivity index (χ3n) is 3.61. The van der Waals surface area contributed by atoms with Gasteiger partial charge in [-0.1, -0.05) is 30.1 Å². The maximum absolute atomic E-state index is 6.00. The fourth-order valence-electron chi connectivity index (χ4n) is 2.30. The Morgan fingerprint density at radius 1 is 0.870 bits per heavy atom. The number of hydrogen-bond donors (Lipinski definition) is 0. The molecule has 2 nitrogen and oxygen atoms in total. The second kappa shape index (κ2) is 7.76. The van der Waals surface area contributed by atoms with Crippen molar-refractivity contribution in [2.24, 2.45) is 9.98 Å². The molecule has 0 fully saturated rings. The summed E-state index contributed by atoms with van der Waals surface area (Å²) in [6.45, 7) is 8.08. The van der Waals surface area contributed by atoms with Crippen LogP contribution < -0.4 is 0 Å². The van der Waals surface area contributed by atoms with Crippen LogP contribution >= 0.6 is 23.2 Å². The Morgan fingerprint density at radius 2 is 1.35 bits per heavy atom. The van der Waals surface area contributed by atoms with Gasteiger partial charge in [-0.15, -0.1) is 0 Å². The van der Waals surface area contributed by atoms with Gasteiger partial charge in [0, 0.05) is 10.0 Å². The molecule has 0 saturated carbocycles. The van der Waals surface area contributed by atoms with Crippen molar-refractivity contribution in [2.75, 3.05) is 0 Å². The van der Waals surface area contributed by atoms with Crippen LogP contribution in [0.1, 0.15) is 31.4 Å². The number of nitrogens with zero attached hydrogens (tertiary/aromatic N) is 2. The highest BCUT2D eigenvalue weighted by atomic mass is 35.5. The van der Waals surface area contributed by atoms with Gasteiger partial charge in [0.05, 0.1) is 22.8 Å². The Labute approximate surface area is 147 Å². The standard InChI is InChI=1S/C19H20Cl2N2/c1-5-17(23-19-9-7-16(21)11-13(19)3)14(4)22-18-8-6-15(20)10-12(18)2/h6-11H,5H2,1-4H3/b22-14-,23-17-. The molecule has 0 N–H and O–H groups in total. The fourth-order valence-corrected chi connectivity index (χ4v) is 2.75. The number of hydrogen-bond acceptors (Lipinski definition) is 2. The van der Waals surface area contributed by atoms with Gasteiger partial charge < -0.3 is 0 Å². The molecule has 2 aromatic rings. The molecular formula is C19H20Cl2N2. The largest absolute Gasteiger partial charge is 0.252 e. The molecule has 0 bridgehead atoms. The zero-order valence-electron chi connectivity index (χ0n) is 13.8. The minimum atomic E-state index is 0.722. The zero-order valence-corrected chi connectivity index (χ0v) is 15.3. The van der Waals surface area contributed by atoms with Crippen LogP contribution in [0.5, 0.6) is 0 Å². The SMILES string of the molecule is CCC(=N/c1ccc(Cl)cc1C)/C(C)=N\c1ccc(Cl)cc1C. The van der Waals surface area contributed by atoms with Crippen molar-refractivity contribution in [3.63, 3.8) is 0 Å². The second-order valence-corrected chi connectivity index (χ2v) is 6.34. The third-order valence-corrected chi connectivity index (χ3v) is 4.08. The smallest absolute Gasteiger partial charge is 0.0663 e. The van der Waals surface area contributed by atoms with E-state index < -0.39 is 0 Å². The van der Waals surface area contributed by atoms with Crippen molar-refractivity contribution in [3.8, 4) is 0 Å². The van der Waals surface area contributed by atoms with Crippen molar-refractivity contribution in [3.05, 3.63) is 57.6 Å². The maximum atomic E-state index is 6.00. The zero-order chi connectivity index (χ0) is 17.0. The van der Waals surface area contributed by atoms with E-state index >= 15 is 0 Å². The van der Waals surface area contributed by atoms with E-state index in [9.17, 15) is 0 Å². The lowest BCUT2D eigenvalue weighted by Crippen LogP contribution is -2.08. The van der Waals surface area contributed by atoms with Crippen LogP contribution in [0.4, 0.5) is 11.4 Å². The lowest BCUT2D eigenvalue weighted by atomic mass is 10.1. The predicted octanol–water partition coefficient (Wildman–Crippen LogP) is 6.89. The van der Waals surface area contributed by atoms with Gasteiger partial charge in [-0.3, -0.25) is 9.98 Å². The van der Waals surface area contributed by atoms with Crippen molar-refractivity contribution in [1.29, 1.82) is 0 Å². The highest BCUT2D eigenvalue weighted by Crippen LogP contribution is 2.25. The lowest BCUT2D eigenvalue weighted by molar-refractivity contribution is 1.27. The third kappa shape index (κ3) is 4.66. The minimum absolute atomic E-state index is 0.722. The van der Waals surface area contributed by atoms with Crippen LogP contribution in [0.15, 0.2) is 46.4 Å². The number of benzene rings is 2. The minimum Gasteiger partial charge on any atom is -0.252 e. The molecule has 0 heterocycles. The molecule has 0 atom stereocenters. The van der Waals surface area contributed by atoms with Crippen LogP contribution in [-0.2, 0) is 0 Å². The molecule has 0 amide bonds. The molecule has 4 heteroatoms. The number of aryl methyl sites for hydroxylation is 2. The van der Waals surface area contributed by atoms with Gasteiger partial charge in [-0.25, -0.2) is 0 Å². The van der Waals surface area contributed by atoms with Gasteiger partial charge >= 0.3 is 0 Å². The monoisotopic (exact) mass is 346 g/mol. The Kier molecular flexibility index (Phi) is 5.97. The highest BCUT2D eigenvalue weighted by Gasteiger charge is 2.06. The number of halogens is 2. The van der Waals surface area contributed by atoms with Crippen molar-refractivity contribution in [2.45, 2.75) is 34.1 Å². The predicted molar refractivity (Wildman–Crippen MR) is 103 cm³/mol. The molecule has 0 radical (unpaired) electrons. The van der Waals surface area contributed by atoms with Gasteiger partial charge in [0.15, 0.2) is 0 Å². The van der Waals surface area contributed by atoms with Crippen LogP contribution in [0.25, 0.3) is 0 Å². The van der Waals surface area contributed by atoms with Crippen molar-refractivity contribution < 1.29 is 0 Å². The summed E-state index contributed by atoms with van der Waals surface area (Å²) < 4.78 is 0. The van der Waals surface area contributed by atoms with Gasteiger partial charge in [-0.2, -0.15) is 0 Å². The maximum Gasteiger partial charge on any atom is 0.0663 e. The Bertz CT molecular complexity index is 777. The van der Waals surface area contributed by atoms with E-state index in [2.05, 4.69) is 6.92 Å². The highest BCUT2D eigenvalue weighted by molar-refractivity contribution is 6.42. The number of rotatable bonds is 4. The normalized spacial score (nSPS) is 12.6. The molecule has 0 aliphatic carbocycles. The lowest BCUT2D eigenvalue weighted by Gasteiger charge is -2.08. The van der Waals surface area contributed by atoms with Gasteiger partial charge in [0.1, 0.15) is 0 Å². The summed E-state index contributed by atoms with van der Waals surface area (Å²) in [5.74, 6) is 0. The fraction of sp³-hybridized carbons (Fsp3) is 0.263. The van der Waals surface area contributed by atoms with E-state index in [0.717, 1.165) is 50.4 Å². The number of aliphatic imine (C=N–C) groups is 2. The van der Waals surface area contributed by atoms with E-state index in [-0.39, 0.29) is 0 Å². The second-order valence-electron chi connectivity index (χ2n) is 5.47. The summed E-state index contributed by atoms with van der Waals surface area (Å²) in [4.78, 5) is 9.48. The van der Waals surface area contributed by atoms with Crippen molar-refractivity contribution in [1.82, 2.24) is 0 Å². The van der Waals surface area contributed by atoms with E-state index in [4.69, 9.17) is 33.2 Å².